The Labute approximate surface area is 219 Å². The van der Waals surface area contributed by atoms with Crippen LogP contribution >= 0.6 is 0 Å². The molecule has 2 saturated carbocycles. The summed E-state index contributed by atoms with van der Waals surface area (Å²) in [5.41, 5.74) is 3.81. The van der Waals surface area contributed by atoms with E-state index in [4.69, 9.17) is 0 Å². The fraction of sp³-hybridized carbons (Fsp3) is 0.533. The van der Waals surface area contributed by atoms with Gasteiger partial charge in [0.2, 0.25) is 9.84 Å². The van der Waals surface area contributed by atoms with E-state index >= 15 is 0 Å². The fourth-order valence-corrected chi connectivity index (χ4v) is 7.77. The molecule has 2 N–H and O–H groups in total. The van der Waals surface area contributed by atoms with E-state index in [1.807, 2.05) is 13.0 Å². The lowest BCUT2D eigenvalue weighted by atomic mass is 9.62. The predicted molar refractivity (Wildman–Crippen MR) is 142 cm³/mol. The zero-order chi connectivity index (χ0) is 27.0. The molecule has 0 saturated heterocycles. The number of aliphatic hydroxyl groups is 2. The third-order valence-electron chi connectivity index (χ3n) is 8.72. The van der Waals surface area contributed by atoms with Gasteiger partial charge in [-0.2, -0.15) is 8.78 Å². The minimum atomic E-state index is -4.75. The van der Waals surface area contributed by atoms with Crippen molar-refractivity contribution in [1.29, 1.82) is 0 Å². The first-order chi connectivity index (χ1) is 17.4. The maximum absolute atomic E-state index is 14.9. The minimum absolute atomic E-state index is 0.0892. The number of alkyl halides is 2. The fourth-order valence-electron chi connectivity index (χ4n) is 6.53. The van der Waals surface area contributed by atoms with Gasteiger partial charge in [-0.05, 0) is 79.1 Å². The van der Waals surface area contributed by atoms with Gasteiger partial charge in [0.1, 0.15) is 0 Å². The molecule has 1 aromatic carbocycles. The Morgan fingerprint density at radius 2 is 1.92 bits per heavy atom. The summed E-state index contributed by atoms with van der Waals surface area (Å²) in [5, 5.41) is 16.4. The molecule has 5 atom stereocenters. The second kappa shape index (κ2) is 10.6. The number of aliphatic hydroxyl groups excluding tert-OH is 2. The maximum atomic E-state index is 14.9. The van der Waals surface area contributed by atoms with Gasteiger partial charge >= 0.3 is 5.25 Å². The second-order valence-electron chi connectivity index (χ2n) is 11.2. The van der Waals surface area contributed by atoms with Crippen LogP contribution in [0.5, 0.6) is 0 Å². The Balaban J connectivity index is 1.47. The van der Waals surface area contributed by atoms with E-state index < -0.39 is 33.7 Å². The monoisotopic (exact) mass is 532 g/mol. The first kappa shape index (κ1) is 27.9. The summed E-state index contributed by atoms with van der Waals surface area (Å²) in [6, 6.07) is 6.94. The van der Waals surface area contributed by atoms with Crippen LogP contribution < -0.4 is 0 Å². The van der Waals surface area contributed by atoms with Gasteiger partial charge in [0.15, 0.2) is 0 Å². The van der Waals surface area contributed by atoms with Gasteiger partial charge < -0.3 is 10.2 Å². The van der Waals surface area contributed by atoms with Gasteiger partial charge in [0.05, 0.1) is 17.1 Å². The maximum Gasteiger partial charge on any atom is 0.350 e. The number of hydrogen-bond donors (Lipinski definition) is 2. The van der Waals surface area contributed by atoms with Gasteiger partial charge in [-0.25, -0.2) is 8.42 Å². The summed E-state index contributed by atoms with van der Waals surface area (Å²) in [7, 11) is -4.75. The molecule has 2 fully saturated rings. The Morgan fingerprint density at radius 3 is 2.62 bits per heavy atom. The highest BCUT2D eigenvalue weighted by Gasteiger charge is 2.48. The summed E-state index contributed by atoms with van der Waals surface area (Å²) >= 11 is 0. The lowest BCUT2D eigenvalue weighted by Crippen LogP contribution is -2.33. The number of hydrogen-bond acceptors (Lipinski definition) is 4. The molecule has 4 nitrogen and oxygen atoms in total. The normalized spacial score (nSPS) is 31.9. The molecule has 1 aromatic rings. The van der Waals surface area contributed by atoms with Crippen molar-refractivity contribution in [2.75, 3.05) is 0 Å². The van der Waals surface area contributed by atoms with Crippen molar-refractivity contribution in [3.05, 3.63) is 77.4 Å². The topological polar surface area (TPSA) is 74.6 Å². The highest BCUT2D eigenvalue weighted by Crippen LogP contribution is 2.57. The van der Waals surface area contributed by atoms with Crippen molar-refractivity contribution < 1.29 is 27.4 Å². The summed E-state index contributed by atoms with van der Waals surface area (Å²) in [5.74, 6) is 0.101. The van der Waals surface area contributed by atoms with E-state index in [9.17, 15) is 27.4 Å². The smallest absolute Gasteiger partial charge is 0.350 e. The SMILES string of the molecule is C=C1C(=CC=C2CCC[C@]3(C)C([C@H](C)CCC(F)(F)S(=O)(=O)c4ccccc4)=CCC23)CC(O)CC1O. The molecule has 4 rings (SSSR count). The lowest BCUT2D eigenvalue weighted by Gasteiger charge is -2.42. The van der Waals surface area contributed by atoms with E-state index in [1.54, 1.807) is 6.07 Å². The lowest BCUT2D eigenvalue weighted by molar-refractivity contribution is 0.0747. The number of allylic oxidation sites excluding steroid dienone is 5. The molecule has 0 amide bonds. The molecule has 0 aromatic heterocycles. The highest BCUT2D eigenvalue weighted by molar-refractivity contribution is 7.92. The van der Waals surface area contributed by atoms with Crippen molar-refractivity contribution in [3.8, 4) is 0 Å². The summed E-state index contributed by atoms with van der Waals surface area (Å²) in [6.45, 7) is 8.13. The van der Waals surface area contributed by atoms with E-state index in [2.05, 4.69) is 25.7 Å². The standard InChI is InChI=1S/C30H38F2O4S/c1-20(15-17-30(31,32)37(35,36)25-9-5-4-6-10-25)26-13-14-27-22(8-7-16-29(26,27)3)11-12-23-18-24(33)19-28(34)21(23)2/h4-6,9-13,20,24,27-28,33-34H,2,7-8,14-19H2,1,3H3/t20-,24?,27?,28?,29-/m1/s1. The number of sulfone groups is 1. The number of halogens is 2. The van der Waals surface area contributed by atoms with Crippen molar-refractivity contribution in [1.82, 2.24) is 0 Å². The Hall–Kier alpha value is -2.09. The quantitative estimate of drug-likeness (QED) is 0.392. The molecule has 3 aliphatic rings. The van der Waals surface area contributed by atoms with Gasteiger partial charge in [0.25, 0.3) is 0 Å². The zero-order valence-electron chi connectivity index (χ0n) is 21.7. The summed E-state index contributed by atoms with van der Waals surface area (Å²) < 4.78 is 55.0. The van der Waals surface area contributed by atoms with Crippen LogP contribution in [0, 0.1) is 17.3 Å². The van der Waals surface area contributed by atoms with E-state index in [0.29, 0.717) is 18.4 Å². The third kappa shape index (κ3) is 5.41. The number of benzene rings is 1. The molecule has 0 heterocycles. The van der Waals surface area contributed by atoms with Crippen LogP contribution in [0.2, 0.25) is 0 Å². The predicted octanol–water partition coefficient (Wildman–Crippen LogP) is 6.53. The van der Waals surface area contributed by atoms with Gasteiger partial charge in [-0.15, -0.1) is 0 Å². The van der Waals surface area contributed by atoms with Crippen LogP contribution in [0.4, 0.5) is 8.78 Å². The number of rotatable bonds is 7. The van der Waals surface area contributed by atoms with Crippen LogP contribution in [-0.2, 0) is 9.84 Å². The van der Waals surface area contributed by atoms with Crippen LogP contribution in [0.25, 0.3) is 0 Å². The molecule has 3 aliphatic carbocycles. The first-order valence-corrected chi connectivity index (χ1v) is 14.7. The molecule has 0 spiro atoms. The van der Waals surface area contributed by atoms with Crippen LogP contribution in [0.15, 0.2) is 82.3 Å². The van der Waals surface area contributed by atoms with Crippen molar-refractivity contribution >= 4 is 9.84 Å². The average molecular weight is 533 g/mol. The van der Waals surface area contributed by atoms with Gasteiger partial charge in [0, 0.05) is 12.8 Å². The number of fused-ring (bicyclic) bond motifs is 1. The Morgan fingerprint density at radius 1 is 1.22 bits per heavy atom. The molecular weight excluding hydrogens is 494 g/mol. The molecule has 0 radical (unpaired) electrons. The molecule has 0 aliphatic heterocycles. The molecule has 0 bridgehead atoms. The minimum Gasteiger partial charge on any atom is -0.393 e. The first-order valence-electron chi connectivity index (χ1n) is 13.2. The summed E-state index contributed by atoms with van der Waals surface area (Å²) in [4.78, 5) is -0.350. The summed E-state index contributed by atoms with van der Waals surface area (Å²) in [6.07, 6.45) is 8.84. The third-order valence-corrected chi connectivity index (χ3v) is 10.6. The van der Waals surface area contributed by atoms with Crippen molar-refractivity contribution in [2.24, 2.45) is 17.3 Å². The van der Waals surface area contributed by atoms with Crippen molar-refractivity contribution in [2.45, 2.75) is 87.6 Å². The van der Waals surface area contributed by atoms with Gasteiger partial charge in [-0.3, -0.25) is 0 Å². The molecule has 202 valence electrons. The van der Waals surface area contributed by atoms with Crippen LogP contribution in [0.3, 0.4) is 0 Å². The Bertz CT molecular complexity index is 1220. The Kier molecular flexibility index (Phi) is 7.99. The van der Waals surface area contributed by atoms with Crippen LogP contribution in [0.1, 0.15) is 65.2 Å². The molecule has 7 heteroatoms. The molecule has 37 heavy (non-hydrogen) atoms. The van der Waals surface area contributed by atoms with Crippen LogP contribution in [-0.4, -0.2) is 36.1 Å². The van der Waals surface area contributed by atoms with Gasteiger partial charge in [-0.1, -0.05) is 68.0 Å². The molecule has 3 unspecified atom stereocenters. The molecular formula is C30H38F2O4S. The second-order valence-corrected chi connectivity index (χ2v) is 13.3. The van der Waals surface area contributed by atoms with Crippen molar-refractivity contribution in [3.63, 3.8) is 0 Å². The van der Waals surface area contributed by atoms with E-state index in [0.717, 1.165) is 36.8 Å². The average Bonchev–Trinajstić information content (AvgIpc) is 3.22. The largest absolute Gasteiger partial charge is 0.393 e. The highest BCUT2D eigenvalue weighted by atomic mass is 32.2. The zero-order valence-corrected chi connectivity index (χ0v) is 22.5. The van der Waals surface area contributed by atoms with E-state index in [1.165, 1.54) is 29.8 Å². The van der Waals surface area contributed by atoms with E-state index in [-0.39, 0.29) is 28.6 Å².